The molecule has 1 fully saturated rings. The Kier molecular flexibility index (Phi) is 1.96. The average molecular weight is 215 g/mol. The van der Waals surface area contributed by atoms with Gasteiger partial charge in [-0.3, -0.25) is 5.10 Å². The van der Waals surface area contributed by atoms with Gasteiger partial charge in [0.05, 0.1) is 11.7 Å². The summed E-state index contributed by atoms with van der Waals surface area (Å²) >= 11 is 0. The number of hydrogen-bond donors (Lipinski definition) is 2. The van der Waals surface area contributed by atoms with E-state index >= 15 is 0 Å². The molecule has 3 heteroatoms. The third-order valence-corrected chi connectivity index (χ3v) is 3.94. The summed E-state index contributed by atoms with van der Waals surface area (Å²) in [5, 5.41) is 11.9. The van der Waals surface area contributed by atoms with Crippen LogP contribution in [0.25, 0.3) is 10.9 Å². The Morgan fingerprint density at radius 3 is 3.00 bits per heavy atom. The minimum absolute atomic E-state index is 0.492. The number of benzene rings is 1. The zero-order chi connectivity index (χ0) is 11.2. The molecule has 16 heavy (non-hydrogen) atoms. The number of aromatic amines is 1. The van der Waals surface area contributed by atoms with Gasteiger partial charge in [0.2, 0.25) is 0 Å². The Bertz CT molecular complexity index is 511. The van der Waals surface area contributed by atoms with Gasteiger partial charge in [-0.2, -0.15) is 5.10 Å². The predicted octanol–water partition coefficient (Wildman–Crippen LogP) is 3.16. The molecule has 1 aromatic heterocycles. The second-order valence-electron chi connectivity index (χ2n) is 5.16. The number of nitrogens with zero attached hydrogens (tertiary/aromatic N) is 1. The van der Waals surface area contributed by atoms with E-state index in [4.69, 9.17) is 0 Å². The van der Waals surface area contributed by atoms with Gasteiger partial charge in [-0.1, -0.05) is 13.0 Å². The van der Waals surface area contributed by atoms with Crippen LogP contribution in [0.15, 0.2) is 24.4 Å². The van der Waals surface area contributed by atoms with Crippen LogP contribution in [0.3, 0.4) is 0 Å². The van der Waals surface area contributed by atoms with Gasteiger partial charge >= 0.3 is 0 Å². The molecular weight excluding hydrogens is 198 g/mol. The summed E-state index contributed by atoms with van der Waals surface area (Å²) in [5.74, 6) is 0. The Morgan fingerprint density at radius 2 is 2.25 bits per heavy atom. The normalized spacial score (nSPS) is 19.6. The van der Waals surface area contributed by atoms with Crippen LogP contribution in [0.2, 0.25) is 0 Å². The quantitative estimate of drug-likeness (QED) is 0.825. The van der Waals surface area contributed by atoms with Crippen LogP contribution < -0.4 is 5.32 Å². The van der Waals surface area contributed by atoms with Crippen molar-refractivity contribution in [3.8, 4) is 0 Å². The fourth-order valence-corrected chi connectivity index (χ4v) is 2.13. The van der Waals surface area contributed by atoms with E-state index in [1.54, 1.807) is 0 Å². The van der Waals surface area contributed by atoms with Gasteiger partial charge in [0.25, 0.3) is 0 Å². The zero-order valence-corrected chi connectivity index (χ0v) is 9.75. The number of fused-ring (bicyclic) bond motifs is 1. The zero-order valence-electron chi connectivity index (χ0n) is 9.75. The maximum absolute atomic E-state index is 4.08. The van der Waals surface area contributed by atoms with Crippen molar-refractivity contribution >= 4 is 16.6 Å². The second kappa shape index (κ2) is 3.24. The highest BCUT2D eigenvalue weighted by atomic mass is 15.1. The maximum Gasteiger partial charge on any atom is 0.0671 e. The minimum Gasteiger partial charge on any atom is -0.381 e. The van der Waals surface area contributed by atoms with Crippen molar-refractivity contribution in [2.24, 2.45) is 5.41 Å². The Hall–Kier alpha value is -1.51. The van der Waals surface area contributed by atoms with E-state index in [2.05, 4.69) is 47.6 Å². The molecule has 0 bridgehead atoms. The van der Waals surface area contributed by atoms with Crippen LogP contribution in [0.5, 0.6) is 0 Å². The Balaban J connectivity index is 1.91. The number of anilines is 1. The first kappa shape index (κ1) is 9.70. The van der Waals surface area contributed by atoms with Crippen LogP contribution in [0, 0.1) is 5.41 Å². The van der Waals surface area contributed by atoms with Crippen molar-refractivity contribution in [1.82, 2.24) is 10.2 Å². The molecule has 0 radical (unpaired) electrons. The lowest BCUT2D eigenvalue weighted by atomic mass is 10.0. The second-order valence-corrected chi connectivity index (χ2v) is 5.16. The number of hydrogen-bond acceptors (Lipinski definition) is 2. The van der Waals surface area contributed by atoms with E-state index in [0.29, 0.717) is 11.5 Å². The van der Waals surface area contributed by atoms with E-state index in [0.717, 1.165) is 5.52 Å². The summed E-state index contributed by atoms with van der Waals surface area (Å²) in [6.07, 6.45) is 4.56. The Morgan fingerprint density at radius 1 is 1.44 bits per heavy atom. The third-order valence-electron chi connectivity index (χ3n) is 3.94. The number of rotatable bonds is 3. The summed E-state index contributed by atoms with van der Waals surface area (Å²) in [5.41, 5.74) is 2.77. The first-order valence-corrected chi connectivity index (χ1v) is 5.88. The van der Waals surface area contributed by atoms with Crippen LogP contribution in [0.4, 0.5) is 5.69 Å². The van der Waals surface area contributed by atoms with E-state index < -0.39 is 0 Å². The molecule has 3 rings (SSSR count). The lowest BCUT2D eigenvalue weighted by Gasteiger charge is -2.21. The largest absolute Gasteiger partial charge is 0.381 e. The highest BCUT2D eigenvalue weighted by Crippen LogP contribution is 2.49. The van der Waals surface area contributed by atoms with Gasteiger partial charge in [0, 0.05) is 17.1 Å². The predicted molar refractivity (Wildman–Crippen MR) is 66.5 cm³/mol. The van der Waals surface area contributed by atoms with Gasteiger partial charge in [0.15, 0.2) is 0 Å². The summed E-state index contributed by atoms with van der Waals surface area (Å²) in [4.78, 5) is 0. The monoisotopic (exact) mass is 215 g/mol. The van der Waals surface area contributed by atoms with Gasteiger partial charge in [-0.05, 0) is 37.3 Å². The van der Waals surface area contributed by atoms with E-state index in [1.165, 1.54) is 23.9 Å². The van der Waals surface area contributed by atoms with Gasteiger partial charge in [0.1, 0.15) is 0 Å². The van der Waals surface area contributed by atoms with E-state index in [1.807, 2.05) is 6.20 Å². The van der Waals surface area contributed by atoms with Gasteiger partial charge in [-0.25, -0.2) is 0 Å². The topological polar surface area (TPSA) is 40.7 Å². The molecule has 1 saturated carbocycles. The summed E-state index contributed by atoms with van der Waals surface area (Å²) < 4.78 is 0. The lowest BCUT2D eigenvalue weighted by molar-refractivity contribution is 0.494. The molecule has 0 aliphatic heterocycles. The van der Waals surface area contributed by atoms with Crippen molar-refractivity contribution < 1.29 is 0 Å². The molecule has 1 unspecified atom stereocenters. The maximum atomic E-state index is 4.08. The van der Waals surface area contributed by atoms with Crippen molar-refractivity contribution in [3.05, 3.63) is 24.4 Å². The smallest absolute Gasteiger partial charge is 0.0671 e. The summed E-state index contributed by atoms with van der Waals surface area (Å²) in [6.45, 7) is 4.62. The molecule has 1 aliphatic carbocycles. The number of aromatic nitrogens is 2. The molecule has 1 aliphatic rings. The third kappa shape index (κ3) is 1.47. The molecule has 0 spiro atoms. The molecule has 2 aromatic rings. The van der Waals surface area contributed by atoms with Crippen LogP contribution in [-0.4, -0.2) is 16.2 Å². The molecule has 0 saturated heterocycles. The van der Waals surface area contributed by atoms with E-state index in [9.17, 15) is 0 Å². The molecule has 2 N–H and O–H groups in total. The summed E-state index contributed by atoms with van der Waals surface area (Å²) in [6, 6.07) is 6.76. The average Bonchev–Trinajstić information content (AvgIpc) is 2.85. The molecular formula is C13H17N3. The summed E-state index contributed by atoms with van der Waals surface area (Å²) in [7, 11) is 0. The highest BCUT2D eigenvalue weighted by molar-refractivity contribution is 5.90. The molecule has 0 amide bonds. The van der Waals surface area contributed by atoms with Gasteiger partial charge < -0.3 is 5.32 Å². The molecule has 1 heterocycles. The SMILES string of the molecule is CC(Nc1cccc2[nH]ncc12)C1(C)CC1. The Labute approximate surface area is 95.2 Å². The minimum atomic E-state index is 0.492. The molecule has 1 atom stereocenters. The van der Waals surface area contributed by atoms with Crippen molar-refractivity contribution in [3.63, 3.8) is 0 Å². The van der Waals surface area contributed by atoms with Crippen molar-refractivity contribution in [2.75, 3.05) is 5.32 Å². The van der Waals surface area contributed by atoms with Crippen molar-refractivity contribution in [1.29, 1.82) is 0 Å². The fraction of sp³-hybridized carbons (Fsp3) is 0.462. The molecule has 3 nitrogen and oxygen atoms in total. The van der Waals surface area contributed by atoms with Gasteiger partial charge in [-0.15, -0.1) is 0 Å². The number of nitrogens with one attached hydrogen (secondary N) is 2. The lowest BCUT2D eigenvalue weighted by Crippen LogP contribution is -2.24. The van der Waals surface area contributed by atoms with Crippen LogP contribution in [0.1, 0.15) is 26.7 Å². The first-order valence-electron chi connectivity index (χ1n) is 5.88. The molecule has 1 aromatic carbocycles. The fourth-order valence-electron chi connectivity index (χ4n) is 2.13. The van der Waals surface area contributed by atoms with Crippen LogP contribution >= 0.6 is 0 Å². The van der Waals surface area contributed by atoms with Crippen molar-refractivity contribution in [2.45, 2.75) is 32.7 Å². The number of H-pyrrole nitrogens is 1. The van der Waals surface area contributed by atoms with Crippen LogP contribution in [-0.2, 0) is 0 Å². The van der Waals surface area contributed by atoms with E-state index in [-0.39, 0.29) is 0 Å². The highest BCUT2D eigenvalue weighted by Gasteiger charge is 2.42. The standard InChI is InChI=1S/C13H17N3/c1-9(13(2)6-7-13)15-11-4-3-5-12-10(11)8-14-16-12/h3-5,8-9,15H,6-7H2,1-2H3,(H,14,16). The first-order chi connectivity index (χ1) is 7.69. The molecule has 84 valence electrons.